The van der Waals surface area contributed by atoms with Gasteiger partial charge in [-0.05, 0) is 68.2 Å². The Bertz CT molecular complexity index is 2380. The van der Waals surface area contributed by atoms with Crippen LogP contribution in [-0.4, -0.2) is 19.9 Å². The van der Waals surface area contributed by atoms with Crippen LogP contribution in [0.3, 0.4) is 0 Å². The van der Waals surface area contributed by atoms with Crippen LogP contribution in [0.1, 0.15) is 41.1 Å². The molecule has 258 valence electrons. The van der Waals surface area contributed by atoms with E-state index >= 15 is 0 Å². The molecule has 0 aliphatic carbocycles. The third-order valence-electron chi connectivity index (χ3n) is 8.76. The Labute approximate surface area is 308 Å². The standard InChI is InChI=1S/C48H46N4/c1-9-41-46(38-27-19-14-20-28-38)35(7)51-42(10-2)47(39-29-21-15-22-30-39)36(8)52-44(12-4)48(40-31-23-16-24-32-40)43(11-3)50-34(6)45(33(5)49-41)37-25-17-13-18-26-37/h9-32,50-51H,1-2,4,6H2,3,5,7-8H3/b43-11-,45-33?,46-35?,47-42?,48-44?,49-41?,52-36?. The first kappa shape index (κ1) is 36.8. The van der Waals surface area contributed by atoms with Crippen molar-refractivity contribution in [2.45, 2.75) is 27.7 Å². The number of H-pyrrole nitrogens is 2. The molecule has 4 nitrogen and oxygen atoms in total. The van der Waals surface area contributed by atoms with Crippen LogP contribution < -0.4 is 10.7 Å². The van der Waals surface area contributed by atoms with Crippen LogP contribution in [0, 0.1) is 20.8 Å². The Kier molecular flexibility index (Phi) is 12.3. The molecular weight excluding hydrogens is 633 g/mol. The van der Waals surface area contributed by atoms with Crippen LogP contribution in [-0.2, 0) is 0 Å². The molecule has 0 fully saturated rings. The smallest absolute Gasteiger partial charge is 0.0726 e. The van der Waals surface area contributed by atoms with E-state index in [1.807, 2.05) is 118 Å². The van der Waals surface area contributed by atoms with Crippen LogP contribution in [0.15, 0.2) is 141 Å². The first-order valence-electron chi connectivity index (χ1n) is 17.3. The monoisotopic (exact) mass is 678 g/mol. The minimum Gasteiger partial charge on any atom is -0.358 e. The molecule has 1 aromatic heterocycles. The van der Waals surface area contributed by atoms with Gasteiger partial charge in [-0.3, -0.25) is 9.97 Å². The highest BCUT2D eigenvalue weighted by atomic mass is 14.8. The highest BCUT2D eigenvalue weighted by Gasteiger charge is 2.12. The summed E-state index contributed by atoms with van der Waals surface area (Å²) in [6.45, 7) is 25.5. The lowest BCUT2D eigenvalue weighted by molar-refractivity contribution is 1.13. The fourth-order valence-electron chi connectivity index (χ4n) is 6.44. The van der Waals surface area contributed by atoms with Crippen molar-refractivity contribution in [1.82, 2.24) is 19.9 Å². The number of aryl methyl sites for hydroxylation is 3. The zero-order valence-corrected chi connectivity index (χ0v) is 30.6. The number of aromatic amines is 2. The molecule has 2 N–H and O–H groups in total. The summed E-state index contributed by atoms with van der Waals surface area (Å²) in [6.07, 6.45) is 7.51. The Morgan fingerprint density at radius 1 is 0.481 bits per heavy atom. The van der Waals surface area contributed by atoms with Gasteiger partial charge in [-0.25, -0.2) is 0 Å². The van der Waals surface area contributed by atoms with Gasteiger partial charge in [-0.15, -0.1) is 0 Å². The molecule has 0 aliphatic rings. The summed E-state index contributed by atoms with van der Waals surface area (Å²) < 4.78 is 0. The van der Waals surface area contributed by atoms with E-state index in [1.165, 1.54) is 0 Å². The minimum atomic E-state index is 0.688. The molecule has 4 aromatic carbocycles. The summed E-state index contributed by atoms with van der Waals surface area (Å²) in [7, 11) is 0. The van der Waals surface area contributed by atoms with Crippen LogP contribution in [0.25, 0.3) is 75.4 Å². The van der Waals surface area contributed by atoms with Gasteiger partial charge in [0.1, 0.15) is 0 Å². The lowest BCUT2D eigenvalue weighted by Gasteiger charge is -2.13. The first-order chi connectivity index (χ1) is 25.3. The van der Waals surface area contributed by atoms with Crippen molar-refractivity contribution in [2.24, 2.45) is 0 Å². The largest absolute Gasteiger partial charge is 0.358 e. The number of nitrogens with zero attached hydrogens (tertiary/aromatic N) is 2. The van der Waals surface area contributed by atoms with Gasteiger partial charge in [-0.1, -0.05) is 154 Å². The number of rotatable bonds is 7. The second-order valence-corrected chi connectivity index (χ2v) is 12.2. The molecular formula is C48H46N4. The number of benzene rings is 4. The molecule has 0 atom stereocenters. The Morgan fingerprint density at radius 2 is 0.865 bits per heavy atom. The fourth-order valence-corrected chi connectivity index (χ4v) is 6.44. The van der Waals surface area contributed by atoms with Gasteiger partial charge in [0, 0.05) is 55.7 Å². The molecule has 0 unspecified atom stereocenters. The maximum atomic E-state index is 5.34. The van der Waals surface area contributed by atoms with Crippen molar-refractivity contribution in [1.29, 1.82) is 0 Å². The lowest BCUT2D eigenvalue weighted by Crippen LogP contribution is -2.21. The van der Waals surface area contributed by atoms with Crippen LogP contribution in [0.4, 0.5) is 0 Å². The summed E-state index contributed by atoms with van der Waals surface area (Å²) in [5.41, 5.74) is 12.2. The summed E-state index contributed by atoms with van der Waals surface area (Å²) in [5.74, 6) is 0. The predicted molar refractivity (Wildman–Crippen MR) is 225 cm³/mol. The second kappa shape index (κ2) is 17.4. The Morgan fingerprint density at radius 3 is 1.29 bits per heavy atom. The quantitative estimate of drug-likeness (QED) is 0.180. The van der Waals surface area contributed by atoms with E-state index in [4.69, 9.17) is 9.97 Å². The normalized spacial score (nSPS) is 10.7. The van der Waals surface area contributed by atoms with Gasteiger partial charge < -0.3 is 9.97 Å². The molecule has 0 spiro atoms. The zero-order valence-electron chi connectivity index (χ0n) is 30.6. The topological polar surface area (TPSA) is 57.4 Å². The van der Waals surface area contributed by atoms with Crippen molar-refractivity contribution in [2.75, 3.05) is 0 Å². The molecule has 0 aliphatic heterocycles. The van der Waals surface area contributed by atoms with Crippen molar-refractivity contribution >= 4 is 30.9 Å². The van der Waals surface area contributed by atoms with E-state index in [9.17, 15) is 0 Å². The average Bonchev–Trinajstić information content (AvgIpc) is 3.18. The van der Waals surface area contributed by atoms with Crippen LogP contribution in [0.2, 0.25) is 0 Å². The van der Waals surface area contributed by atoms with Crippen molar-refractivity contribution in [3.05, 3.63) is 186 Å². The minimum absolute atomic E-state index is 0.688. The lowest BCUT2D eigenvalue weighted by atomic mass is 10.0. The molecule has 4 heteroatoms. The molecule has 0 saturated heterocycles. The summed E-state index contributed by atoms with van der Waals surface area (Å²) >= 11 is 0. The molecule has 0 bridgehead atoms. The molecule has 0 saturated carbocycles. The Balaban J connectivity index is 2.20. The number of hydrogen-bond donors (Lipinski definition) is 2. The van der Waals surface area contributed by atoms with Gasteiger partial charge in [0.05, 0.1) is 11.4 Å². The highest BCUT2D eigenvalue weighted by Crippen LogP contribution is 2.29. The van der Waals surface area contributed by atoms with E-state index in [0.717, 1.165) is 72.6 Å². The third kappa shape index (κ3) is 8.26. The summed E-state index contributed by atoms with van der Waals surface area (Å²) in [4.78, 5) is 18.1. The maximum Gasteiger partial charge on any atom is 0.0726 e. The maximum absolute atomic E-state index is 5.34. The summed E-state index contributed by atoms with van der Waals surface area (Å²) in [6, 6.07) is 40.9. The van der Waals surface area contributed by atoms with Gasteiger partial charge in [-0.2, -0.15) is 0 Å². The van der Waals surface area contributed by atoms with Crippen molar-refractivity contribution in [3.63, 3.8) is 0 Å². The van der Waals surface area contributed by atoms with E-state index in [-0.39, 0.29) is 0 Å². The number of nitrogens with one attached hydrogen (secondary N) is 2. The number of hydrogen-bond acceptors (Lipinski definition) is 2. The Hall–Kier alpha value is -6.52. The fraction of sp³-hybridized carbons (Fsp3) is 0.0833. The van der Waals surface area contributed by atoms with Crippen molar-refractivity contribution in [3.8, 4) is 44.5 Å². The molecule has 1 heterocycles. The van der Waals surface area contributed by atoms with Crippen LogP contribution >= 0.6 is 0 Å². The van der Waals surface area contributed by atoms with Gasteiger partial charge in [0.25, 0.3) is 0 Å². The highest BCUT2D eigenvalue weighted by molar-refractivity contribution is 5.78. The van der Waals surface area contributed by atoms with E-state index in [1.54, 1.807) is 0 Å². The molecule has 5 aromatic rings. The molecule has 0 amide bonds. The van der Waals surface area contributed by atoms with Crippen molar-refractivity contribution < 1.29 is 0 Å². The zero-order chi connectivity index (χ0) is 37.0. The SMILES string of the molecule is C=Cc1nc(C)c(-c2ccccc2)c(=C)[nH]/c(=C\C)c(-c2ccccc2)c(C=C)nc(C)c(-c2ccccc2)c(C=C)[nH]c(C)c1-c1ccccc1. The van der Waals surface area contributed by atoms with Crippen LogP contribution in [0.5, 0.6) is 0 Å². The first-order valence-corrected chi connectivity index (χ1v) is 17.3. The van der Waals surface area contributed by atoms with E-state index < -0.39 is 0 Å². The summed E-state index contributed by atoms with van der Waals surface area (Å²) in [5, 5.41) is 1.52. The van der Waals surface area contributed by atoms with Gasteiger partial charge >= 0.3 is 0 Å². The van der Waals surface area contributed by atoms with E-state index in [2.05, 4.69) is 91.7 Å². The van der Waals surface area contributed by atoms with Gasteiger partial charge in [0.2, 0.25) is 0 Å². The average molecular weight is 679 g/mol. The number of aromatic nitrogens is 4. The predicted octanol–water partition coefficient (Wildman–Crippen LogP) is 11.2. The molecule has 0 radical (unpaired) electrons. The molecule has 5 rings (SSSR count). The van der Waals surface area contributed by atoms with E-state index in [0.29, 0.717) is 16.7 Å². The molecule has 52 heavy (non-hydrogen) atoms. The van der Waals surface area contributed by atoms with Gasteiger partial charge in [0.15, 0.2) is 0 Å². The second-order valence-electron chi connectivity index (χ2n) is 12.2. The third-order valence-corrected chi connectivity index (χ3v) is 8.76.